The highest BCUT2D eigenvalue weighted by molar-refractivity contribution is 6.32. The highest BCUT2D eigenvalue weighted by atomic mass is 35.5. The van der Waals surface area contributed by atoms with Crippen molar-refractivity contribution in [2.24, 2.45) is 5.92 Å². The first-order valence-electron chi connectivity index (χ1n) is 5.41. The summed E-state index contributed by atoms with van der Waals surface area (Å²) in [7, 11) is 0. The maximum atomic E-state index is 12.2. The summed E-state index contributed by atoms with van der Waals surface area (Å²) < 4.78 is 36.8. The van der Waals surface area contributed by atoms with Gasteiger partial charge in [-0.3, -0.25) is 4.79 Å². The minimum Gasteiger partial charge on any atom is -0.396 e. The summed E-state index contributed by atoms with van der Waals surface area (Å²) in [5.74, 6) is -0.0892. The highest BCUT2D eigenvalue weighted by Crippen LogP contribution is 2.19. The van der Waals surface area contributed by atoms with Gasteiger partial charge in [-0.15, -0.1) is 0 Å². The third-order valence-corrected chi connectivity index (χ3v) is 2.63. The molecule has 0 aliphatic heterocycles. The van der Waals surface area contributed by atoms with Crippen molar-refractivity contribution in [3.8, 4) is 0 Å². The molecule has 0 amide bonds. The van der Waals surface area contributed by atoms with Gasteiger partial charge in [0.2, 0.25) is 0 Å². The Morgan fingerprint density at radius 3 is 2.74 bits per heavy atom. The molecule has 0 spiro atoms. The maximum Gasteiger partial charge on any atom is 0.408 e. The molecule has 1 atom stereocenters. The van der Waals surface area contributed by atoms with Crippen LogP contribution in [0.1, 0.15) is 6.92 Å². The van der Waals surface area contributed by atoms with Gasteiger partial charge in [0.05, 0.1) is 11.9 Å². The zero-order chi connectivity index (χ0) is 14.6. The van der Waals surface area contributed by atoms with Crippen LogP contribution in [0.3, 0.4) is 0 Å². The van der Waals surface area contributed by atoms with Crippen molar-refractivity contribution >= 4 is 17.3 Å². The minimum atomic E-state index is -4.54. The average molecular weight is 300 g/mol. The van der Waals surface area contributed by atoms with E-state index < -0.39 is 18.3 Å². The molecule has 1 aromatic heterocycles. The van der Waals surface area contributed by atoms with E-state index in [1.54, 1.807) is 6.92 Å². The lowest BCUT2D eigenvalue weighted by molar-refractivity contribution is -0.143. The zero-order valence-corrected chi connectivity index (χ0v) is 10.8. The largest absolute Gasteiger partial charge is 0.408 e. The second-order valence-corrected chi connectivity index (χ2v) is 4.50. The van der Waals surface area contributed by atoms with Gasteiger partial charge in [0.1, 0.15) is 11.6 Å². The molecule has 1 unspecified atom stereocenters. The van der Waals surface area contributed by atoms with Crippen LogP contribution in [-0.4, -0.2) is 34.2 Å². The monoisotopic (exact) mass is 299 g/mol. The first-order valence-corrected chi connectivity index (χ1v) is 5.79. The summed E-state index contributed by atoms with van der Waals surface area (Å²) in [4.78, 5) is 11.6. The van der Waals surface area contributed by atoms with Gasteiger partial charge >= 0.3 is 6.18 Å². The van der Waals surface area contributed by atoms with Crippen molar-refractivity contribution < 1.29 is 18.3 Å². The van der Waals surface area contributed by atoms with Crippen molar-refractivity contribution in [1.82, 2.24) is 9.78 Å². The van der Waals surface area contributed by atoms with Crippen LogP contribution < -0.4 is 10.9 Å². The van der Waals surface area contributed by atoms with Crippen LogP contribution in [0.2, 0.25) is 5.02 Å². The number of aliphatic hydroxyl groups is 1. The Morgan fingerprint density at radius 2 is 2.21 bits per heavy atom. The molecule has 1 heterocycles. The normalized spacial score (nSPS) is 13.4. The van der Waals surface area contributed by atoms with Crippen molar-refractivity contribution in [1.29, 1.82) is 0 Å². The molecule has 0 aliphatic carbocycles. The second-order valence-electron chi connectivity index (χ2n) is 4.12. The number of rotatable bonds is 5. The number of anilines is 1. The summed E-state index contributed by atoms with van der Waals surface area (Å²) >= 11 is 5.69. The van der Waals surface area contributed by atoms with E-state index in [-0.39, 0.29) is 27.9 Å². The Kier molecular flexibility index (Phi) is 5.19. The standard InChI is InChI=1S/C10H13ClF3N3O2/c1-6(4-18)2-15-7-3-16-17(5-10(12,13)14)9(19)8(7)11/h3,6,15,18H,2,4-5H2,1H3. The van der Waals surface area contributed by atoms with E-state index in [1.165, 1.54) is 0 Å². The van der Waals surface area contributed by atoms with E-state index in [0.717, 1.165) is 6.20 Å². The van der Waals surface area contributed by atoms with Gasteiger partial charge in [0, 0.05) is 13.2 Å². The van der Waals surface area contributed by atoms with Crippen LogP contribution in [0.15, 0.2) is 11.0 Å². The number of aliphatic hydroxyl groups excluding tert-OH is 1. The smallest absolute Gasteiger partial charge is 0.396 e. The van der Waals surface area contributed by atoms with E-state index in [1.807, 2.05) is 0 Å². The van der Waals surface area contributed by atoms with E-state index in [4.69, 9.17) is 16.7 Å². The minimum absolute atomic E-state index is 0.0663. The topological polar surface area (TPSA) is 67.2 Å². The molecule has 108 valence electrons. The van der Waals surface area contributed by atoms with Crippen molar-refractivity contribution in [3.05, 3.63) is 21.6 Å². The second kappa shape index (κ2) is 6.25. The average Bonchev–Trinajstić information content (AvgIpc) is 2.32. The van der Waals surface area contributed by atoms with Crippen LogP contribution in [-0.2, 0) is 6.54 Å². The summed E-state index contributed by atoms with van der Waals surface area (Å²) in [6.07, 6.45) is -3.49. The molecule has 1 rings (SSSR count). The predicted molar refractivity (Wildman–Crippen MR) is 64.3 cm³/mol. The van der Waals surface area contributed by atoms with E-state index in [2.05, 4.69) is 10.4 Å². The van der Waals surface area contributed by atoms with Crippen molar-refractivity contribution in [2.45, 2.75) is 19.6 Å². The third kappa shape index (κ3) is 4.71. The Bertz CT molecular complexity index is 490. The lowest BCUT2D eigenvalue weighted by Crippen LogP contribution is -2.31. The number of aromatic nitrogens is 2. The summed E-state index contributed by atoms with van der Waals surface area (Å²) in [5.41, 5.74) is -0.869. The van der Waals surface area contributed by atoms with Gasteiger partial charge < -0.3 is 10.4 Å². The number of alkyl halides is 3. The summed E-state index contributed by atoms with van der Waals surface area (Å²) in [6, 6.07) is 0. The molecule has 0 fully saturated rings. The molecular weight excluding hydrogens is 287 g/mol. The Hall–Kier alpha value is -1.28. The van der Waals surface area contributed by atoms with E-state index in [0.29, 0.717) is 6.54 Å². The van der Waals surface area contributed by atoms with Gasteiger partial charge in [-0.2, -0.15) is 18.3 Å². The van der Waals surface area contributed by atoms with Gasteiger partial charge in [-0.25, -0.2) is 4.68 Å². The first kappa shape index (κ1) is 15.8. The SMILES string of the molecule is CC(CO)CNc1cnn(CC(F)(F)F)c(=O)c1Cl. The number of halogens is 4. The van der Waals surface area contributed by atoms with Crippen LogP contribution in [0.5, 0.6) is 0 Å². The van der Waals surface area contributed by atoms with E-state index >= 15 is 0 Å². The molecule has 9 heteroatoms. The molecular formula is C10H13ClF3N3O2. The highest BCUT2D eigenvalue weighted by Gasteiger charge is 2.29. The molecule has 19 heavy (non-hydrogen) atoms. The Labute approximate surface area is 112 Å². The molecule has 0 saturated heterocycles. The van der Waals surface area contributed by atoms with Crippen LogP contribution in [0, 0.1) is 5.92 Å². The third-order valence-electron chi connectivity index (χ3n) is 2.27. The number of nitrogens with zero attached hydrogens (tertiary/aromatic N) is 2. The number of nitrogens with one attached hydrogen (secondary N) is 1. The molecule has 5 nitrogen and oxygen atoms in total. The summed E-state index contributed by atoms with van der Waals surface area (Å²) in [6.45, 7) is 0.516. The molecule has 0 saturated carbocycles. The van der Waals surface area contributed by atoms with Crippen LogP contribution in [0.4, 0.5) is 18.9 Å². The predicted octanol–water partition coefficient (Wildman–Crippen LogP) is 1.50. The van der Waals surface area contributed by atoms with Crippen LogP contribution in [0.25, 0.3) is 0 Å². The van der Waals surface area contributed by atoms with Gasteiger partial charge in [-0.05, 0) is 5.92 Å². The fourth-order valence-corrected chi connectivity index (χ4v) is 1.43. The van der Waals surface area contributed by atoms with Crippen molar-refractivity contribution in [3.63, 3.8) is 0 Å². The summed E-state index contributed by atoms with van der Waals surface area (Å²) in [5, 5.41) is 14.6. The Morgan fingerprint density at radius 1 is 1.58 bits per heavy atom. The number of hydrogen-bond donors (Lipinski definition) is 2. The van der Waals surface area contributed by atoms with E-state index in [9.17, 15) is 18.0 Å². The lowest BCUT2D eigenvalue weighted by atomic mass is 10.2. The molecule has 0 bridgehead atoms. The van der Waals surface area contributed by atoms with Crippen molar-refractivity contribution in [2.75, 3.05) is 18.5 Å². The zero-order valence-electron chi connectivity index (χ0n) is 10.0. The fourth-order valence-electron chi connectivity index (χ4n) is 1.22. The molecule has 1 aromatic rings. The maximum absolute atomic E-state index is 12.2. The van der Waals surface area contributed by atoms with Gasteiger partial charge in [-0.1, -0.05) is 18.5 Å². The van der Waals surface area contributed by atoms with Gasteiger partial charge in [0.25, 0.3) is 5.56 Å². The molecule has 0 aromatic carbocycles. The molecule has 0 radical (unpaired) electrons. The fraction of sp³-hybridized carbons (Fsp3) is 0.600. The Balaban J connectivity index is 2.89. The first-order chi connectivity index (χ1) is 8.74. The molecule has 2 N–H and O–H groups in total. The van der Waals surface area contributed by atoms with Gasteiger partial charge in [0.15, 0.2) is 0 Å². The number of hydrogen-bond acceptors (Lipinski definition) is 4. The quantitative estimate of drug-likeness (QED) is 0.864. The lowest BCUT2D eigenvalue weighted by Gasteiger charge is -2.13. The van der Waals surface area contributed by atoms with Crippen LogP contribution >= 0.6 is 11.6 Å². The molecule has 0 aliphatic rings.